The summed E-state index contributed by atoms with van der Waals surface area (Å²) in [6.07, 6.45) is 1.76. The number of nitrogens with zero attached hydrogens (tertiary/aromatic N) is 4. The van der Waals surface area contributed by atoms with Crippen LogP contribution in [0.3, 0.4) is 0 Å². The minimum Gasteiger partial charge on any atom is -0.368 e. The third-order valence-electron chi connectivity index (χ3n) is 4.14. The molecule has 0 spiro atoms. The number of piperazine rings is 1. The Labute approximate surface area is 156 Å². The third kappa shape index (κ3) is 4.16. The number of anilines is 2. The fourth-order valence-corrected chi connectivity index (χ4v) is 3.94. The molecule has 2 N–H and O–H groups in total. The molecule has 0 aliphatic carbocycles. The Balaban J connectivity index is 1.85. The number of rotatable bonds is 3. The second kappa shape index (κ2) is 7.49. The monoisotopic (exact) mass is 377 g/mol. The van der Waals surface area contributed by atoms with Gasteiger partial charge >= 0.3 is 0 Å². The molecule has 8 heteroatoms. The second-order valence-electron chi connectivity index (χ2n) is 5.92. The number of aryl methyl sites for hydroxylation is 1. The zero-order valence-electron chi connectivity index (χ0n) is 14.2. The second-order valence-corrected chi connectivity index (χ2v) is 7.44. The van der Waals surface area contributed by atoms with Crippen LogP contribution in [-0.2, 0) is 4.79 Å². The molecule has 6 nitrogen and oxygen atoms in total. The molecule has 1 fully saturated rings. The summed E-state index contributed by atoms with van der Waals surface area (Å²) in [5.41, 5.74) is 6.91. The lowest BCUT2D eigenvalue weighted by molar-refractivity contribution is -0.129. The summed E-state index contributed by atoms with van der Waals surface area (Å²) >= 11 is 7.64. The topological polar surface area (TPSA) is 75.4 Å². The van der Waals surface area contributed by atoms with Gasteiger partial charge in [0.2, 0.25) is 11.9 Å². The van der Waals surface area contributed by atoms with E-state index in [2.05, 4.69) is 14.9 Å². The van der Waals surface area contributed by atoms with Crippen molar-refractivity contribution >= 4 is 41.0 Å². The van der Waals surface area contributed by atoms with Crippen molar-refractivity contribution in [2.75, 3.05) is 36.8 Å². The summed E-state index contributed by atoms with van der Waals surface area (Å²) in [5.74, 6) is 1.17. The van der Waals surface area contributed by atoms with E-state index < -0.39 is 0 Å². The van der Waals surface area contributed by atoms with E-state index in [1.165, 1.54) is 0 Å². The number of amides is 1. The van der Waals surface area contributed by atoms with Gasteiger partial charge in [0.05, 0.1) is 4.90 Å². The highest BCUT2D eigenvalue weighted by atomic mass is 35.5. The number of carbonyl (C=O) groups is 1. The standard InChI is InChI=1S/C17H20ClN5OS/c1-11-9-13(18)3-4-14(11)25-15-10-20-17(19)21-16(15)23-7-5-22(6-8-23)12(2)24/h3-4,9-10H,5-8H2,1-2H3,(H2,19,20,21). The molecule has 0 atom stereocenters. The van der Waals surface area contributed by atoms with Gasteiger partial charge in [0.25, 0.3) is 0 Å². The van der Waals surface area contributed by atoms with Gasteiger partial charge in [0.15, 0.2) is 0 Å². The maximum absolute atomic E-state index is 11.5. The van der Waals surface area contributed by atoms with Gasteiger partial charge in [-0.15, -0.1) is 0 Å². The van der Waals surface area contributed by atoms with Gasteiger partial charge in [-0.25, -0.2) is 4.98 Å². The summed E-state index contributed by atoms with van der Waals surface area (Å²) < 4.78 is 0. The maximum Gasteiger partial charge on any atom is 0.222 e. The van der Waals surface area contributed by atoms with Crippen molar-refractivity contribution in [2.24, 2.45) is 0 Å². The van der Waals surface area contributed by atoms with E-state index in [0.717, 1.165) is 39.3 Å². The molecule has 1 saturated heterocycles. The van der Waals surface area contributed by atoms with Gasteiger partial charge < -0.3 is 15.5 Å². The van der Waals surface area contributed by atoms with Crippen LogP contribution in [0.4, 0.5) is 11.8 Å². The lowest BCUT2D eigenvalue weighted by Crippen LogP contribution is -2.48. The highest BCUT2D eigenvalue weighted by molar-refractivity contribution is 7.99. The van der Waals surface area contributed by atoms with E-state index in [0.29, 0.717) is 13.1 Å². The number of aromatic nitrogens is 2. The van der Waals surface area contributed by atoms with Crippen molar-refractivity contribution < 1.29 is 4.79 Å². The van der Waals surface area contributed by atoms with Crippen molar-refractivity contribution in [3.05, 3.63) is 35.0 Å². The number of nitrogen functional groups attached to an aromatic ring is 1. The first-order chi connectivity index (χ1) is 11.9. The van der Waals surface area contributed by atoms with Crippen LogP contribution in [-0.4, -0.2) is 47.0 Å². The largest absolute Gasteiger partial charge is 0.368 e. The fraction of sp³-hybridized carbons (Fsp3) is 0.353. The number of hydrogen-bond donors (Lipinski definition) is 1. The van der Waals surface area contributed by atoms with Gasteiger partial charge in [-0.1, -0.05) is 23.4 Å². The molecule has 1 aliphatic rings. The Morgan fingerprint density at radius 3 is 2.60 bits per heavy atom. The van der Waals surface area contributed by atoms with Crippen molar-refractivity contribution in [3.63, 3.8) is 0 Å². The molecular formula is C17H20ClN5OS. The zero-order valence-corrected chi connectivity index (χ0v) is 15.8. The van der Waals surface area contributed by atoms with E-state index >= 15 is 0 Å². The van der Waals surface area contributed by atoms with Gasteiger partial charge in [0.1, 0.15) is 5.82 Å². The average Bonchev–Trinajstić information content (AvgIpc) is 2.59. The SMILES string of the molecule is CC(=O)N1CCN(c2nc(N)ncc2Sc2ccc(Cl)cc2C)CC1. The summed E-state index contributed by atoms with van der Waals surface area (Å²) in [6.45, 7) is 6.44. The molecule has 0 bridgehead atoms. The van der Waals surface area contributed by atoms with E-state index in [9.17, 15) is 4.79 Å². The molecular weight excluding hydrogens is 358 g/mol. The molecule has 1 aromatic carbocycles. The van der Waals surface area contributed by atoms with Crippen molar-refractivity contribution in [3.8, 4) is 0 Å². The number of carbonyl (C=O) groups excluding carboxylic acids is 1. The minimum absolute atomic E-state index is 0.105. The highest BCUT2D eigenvalue weighted by Crippen LogP contribution is 2.36. The minimum atomic E-state index is 0.105. The number of hydrogen-bond acceptors (Lipinski definition) is 6. The summed E-state index contributed by atoms with van der Waals surface area (Å²) in [6, 6.07) is 5.81. The van der Waals surface area contributed by atoms with Crippen LogP contribution in [0, 0.1) is 6.92 Å². The van der Waals surface area contributed by atoms with Crippen LogP contribution in [0.2, 0.25) is 5.02 Å². The first kappa shape index (κ1) is 17.8. The molecule has 0 unspecified atom stereocenters. The van der Waals surface area contributed by atoms with Crippen LogP contribution < -0.4 is 10.6 Å². The quantitative estimate of drug-likeness (QED) is 0.886. The summed E-state index contributed by atoms with van der Waals surface area (Å²) in [4.78, 5) is 26.2. The van der Waals surface area contributed by atoms with Crippen LogP contribution in [0.25, 0.3) is 0 Å². The number of nitrogens with two attached hydrogens (primary N) is 1. The van der Waals surface area contributed by atoms with Crippen LogP contribution in [0.1, 0.15) is 12.5 Å². The van der Waals surface area contributed by atoms with Crippen LogP contribution >= 0.6 is 23.4 Å². The molecule has 2 heterocycles. The van der Waals surface area contributed by atoms with Gasteiger partial charge in [-0.3, -0.25) is 4.79 Å². The van der Waals surface area contributed by atoms with Crippen LogP contribution in [0.15, 0.2) is 34.2 Å². The van der Waals surface area contributed by atoms with E-state index in [1.54, 1.807) is 24.9 Å². The molecule has 0 radical (unpaired) electrons. The van der Waals surface area contributed by atoms with Crippen LogP contribution in [0.5, 0.6) is 0 Å². The predicted molar refractivity (Wildman–Crippen MR) is 101 cm³/mol. The average molecular weight is 378 g/mol. The first-order valence-corrected chi connectivity index (χ1v) is 9.20. The molecule has 0 saturated carbocycles. The maximum atomic E-state index is 11.5. The lowest BCUT2D eigenvalue weighted by Gasteiger charge is -2.35. The Kier molecular flexibility index (Phi) is 5.34. The number of halogens is 1. The predicted octanol–water partition coefficient (Wildman–Crippen LogP) is 2.84. The van der Waals surface area contributed by atoms with Crippen molar-refractivity contribution in [1.29, 1.82) is 0 Å². The van der Waals surface area contributed by atoms with Gasteiger partial charge in [-0.2, -0.15) is 4.98 Å². The molecule has 132 valence electrons. The number of benzene rings is 1. The van der Waals surface area contributed by atoms with Gasteiger partial charge in [-0.05, 0) is 30.7 Å². The Morgan fingerprint density at radius 2 is 1.96 bits per heavy atom. The lowest BCUT2D eigenvalue weighted by atomic mass is 10.2. The Bertz CT molecular complexity index is 793. The smallest absolute Gasteiger partial charge is 0.222 e. The Hall–Kier alpha value is -1.99. The molecule has 1 aromatic heterocycles. The molecule has 25 heavy (non-hydrogen) atoms. The first-order valence-electron chi connectivity index (χ1n) is 8.01. The molecule has 1 amide bonds. The zero-order chi connectivity index (χ0) is 18.0. The summed E-state index contributed by atoms with van der Waals surface area (Å²) in [7, 11) is 0. The molecule has 2 aromatic rings. The summed E-state index contributed by atoms with van der Waals surface area (Å²) in [5, 5.41) is 0.719. The van der Waals surface area contributed by atoms with E-state index in [-0.39, 0.29) is 11.9 Å². The highest BCUT2D eigenvalue weighted by Gasteiger charge is 2.22. The normalized spacial score (nSPS) is 14.7. The van der Waals surface area contributed by atoms with Crippen molar-refractivity contribution in [2.45, 2.75) is 23.6 Å². The van der Waals surface area contributed by atoms with E-state index in [4.69, 9.17) is 17.3 Å². The molecule has 1 aliphatic heterocycles. The fourth-order valence-electron chi connectivity index (χ4n) is 2.75. The Morgan fingerprint density at radius 1 is 1.24 bits per heavy atom. The van der Waals surface area contributed by atoms with Gasteiger partial charge in [0, 0.05) is 49.2 Å². The van der Waals surface area contributed by atoms with E-state index in [1.807, 2.05) is 30.0 Å². The molecule has 3 rings (SSSR count). The van der Waals surface area contributed by atoms with Crippen molar-refractivity contribution in [1.82, 2.24) is 14.9 Å². The third-order valence-corrected chi connectivity index (χ3v) is 5.56.